The lowest BCUT2D eigenvalue weighted by Gasteiger charge is -2.09. The first kappa shape index (κ1) is 6.92. The van der Waals surface area contributed by atoms with Crippen LogP contribution in [0.15, 0.2) is 0 Å². The first-order valence-corrected chi connectivity index (χ1v) is 2.55. The SMILES string of the molecule is C[C@@H](N)[C@@H](C)CO. The molecule has 0 aliphatic heterocycles. The number of rotatable bonds is 2. The molecule has 0 unspecified atom stereocenters. The van der Waals surface area contributed by atoms with Crippen LogP contribution >= 0.6 is 0 Å². The van der Waals surface area contributed by atoms with Crippen molar-refractivity contribution < 1.29 is 5.11 Å². The smallest absolute Gasteiger partial charge is 0.0471 e. The second-order valence-corrected chi connectivity index (χ2v) is 2.02. The molecule has 0 saturated heterocycles. The van der Waals surface area contributed by atoms with Crippen LogP contribution in [0.2, 0.25) is 0 Å². The summed E-state index contributed by atoms with van der Waals surface area (Å²) < 4.78 is 0. The van der Waals surface area contributed by atoms with Gasteiger partial charge in [0.05, 0.1) is 0 Å². The van der Waals surface area contributed by atoms with E-state index in [-0.39, 0.29) is 18.6 Å². The molecule has 3 N–H and O–H groups in total. The van der Waals surface area contributed by atoms with E-state index in [9.17, 15) is 0 Å². The van der Waals surface area contributed by atoms with Crippen molar-refractivity contribution in [1.29, 1.82) is 0 Å². The lowest BCUT2D eigenvalue weighted by Crippen LogP contribution is -2.26. The standard InChI is InChI=1S/C5H13NO/c1-4(3-7)5(2)6/h4-5,7H,3,6H2,1-2H3/t4-,5+/m0/s1. The zero-order chi connectivity index (χ0) is 5.86. The quantitative estimate of drug-likeness (QED) is 0.515. The zero-order valence-electron chi connectivity index (χ0n) is 4.89. The molecule has 2 nitrogen and oxygen atoms in total. The molecule has 0 saturated carbocycles. The fourth-order valence-electron chi connectivity index (χ4n) is 0.166. The van der Waals surface area contributed by atoms with Gasteiger partial charge in [-0.3, -0.25) is 0 Å². The number of hydrogen-bond acceptors (Lipinski definition) is 2. The molecule has 0 aromatic carbocycles. The van der Waals surface area contributed by atoms with Crippen molar-refractivity contribution in [3.63, 3.8) is 0 Å². The van der Waals surface area contributed by atoms with Crippen LogP contribution in [0.1, 0.15) is 13.8 Å². The largest absolute Gasteiger partial charge is 0.396 e. The molecule has 0 aromatic heterocycles. The number of aliphatic hydroxyl groups is 1. The van der Waals surface area contributed by atoms with Gasteiger partial charge in [-0.25, -0.2) is 0 Å². The van der Waals surface area contributed by atoms with Gasteiger partial charge < -0.3 is 10.8 Å². The van der Waals surface area contributed by atoms with Crippen molar-refractivity contribution in [3.05, 3.63) is 0 Å². The van der Waals surface area contributed by atoms with Crippen LogP contribution in [0, 0.1) is 5.92 Å². The van der Waals surface area contributed by atoms with E-state index in [1.165, 1.54) is 0 Å². The molecule has 0 fully saturated rings. The average Bonchev–Trinajstić information content (AvgIpc) is 1.65. The molecule has 44 valence electrons. The van der Waals surface area contributed by atoms with Crippen LogP contribution in [0.25, 0.3) is 0 Å². The summed E-state index contributed by atoms with van der Waals surface area (Å²) in [4.78, 5) is 0. The van der Waals surface area contributed by atoms with Crippen LogP contribution in [0.3, 0.4) is 0 Å². The van der Waals surface area contributed by atoms with Crippen molar-refractivity contribution in [2.75, 3.05) is 6.61 Å². The highest BCUT2D eigenvalue weighted by Gasteiger charge is 2.02. The molecular weight excluding hydrogens is 90.1 g/mol. The number of nitrogens with two attached hydrogens (primary N) is 1. The molecule has 0 aliphatic carbocycles. The minimum Gasteiger partial charge on any atom is -0.396 e. The van der Waals surface area contributed by atoms with Gasteiger partial charge >= 0.3 is 0 Å². The highest BCUT2D eigenvalue weighted by molar-refractivity contribution is 4.60. The Labute approximate surface area is 44.3 Å². The Bertz CT molecular complexity index is 45.3. The van der Waals surface area contributed by atoms with Crippen molar-refractivity contribution in [3.8, 4) is 0 Å². The Kier molecular flexibility index (Phi) is 2.96. The summed E-state index contributed by atoms with van der Waals surface area (Å²) in [6, 6.07) is 0.116. The van der Waals surface area contributed by atoms with Gasteiger partial charge in [-0.2, -0.15) is 0 Å². The summed E-state index contributed by atoms with van der Waals surface area (Å²) in [5.41, 5.74) is 5.39. The van der Waals surface area contributed by atoms with Crippen molar-refractivity contribution in [2.45, 2.75) is 19.9 Å². The molecule has 0 heterocycles. The van der Waals surface area contributed by atoms with Gasteiger partial charge in [0.25, 0.3) is 0 Å². The van der Waals surface area contributed by atoms with Gasteiger partial charge in [0.2, 0.25) is 0 Å². The Morgan fingerprint density at radius 3 is 2.00 bits per heavy atom. The van der Waals surface area contributed by atoms with Gasteiger partial charge in [0.1, 0.15) is 0 Å². The average molecular weight is 103 g/mol. The van der Waals surface area contributed by atoms with Crippen LogP contribution in [0.4, 0.5) is 0 Å². The zero-order valence-corrected chi connectivity index (χ0v) is 4.89. The van der Waals surface area contributed by atoms with E-state index in [2.05, 4.69) is 0 Å². The second-order valence-electron chi connectivity index (χ2n) is 2.02. The molecule has 0 radical (unpaired) electrons. The Hall–Kier alpha value is -0.0800. The fourth-order valence-corrected chi connectivity index (χ4v) is 0.166. The summed E-state index contributed by atoms with van der Waals surface area (Å²) >= 11 is 0. The minimum absolute atomic E-state index is 0.116. The third-order valence-electron chi connectivity index (χ3n) is 1.19. The van der Waals surface area contributed by atoms with Crippen LogP contribution in [-0.2, 0) is 0 Å². The minimum atomic E-state index is 0.116. The summed E-state index contributed by atoms with van der Waals surface area (Å²) in [7, 11) is 0. The van der Waals surface area contributed by atoms with Crippen LogP contribution < -0.4 is 5.73 Å². The van der Waals surface area contributed by atoms with E-state index in [1.54, 1.807) is 0 Å². The van der Waals surface area contributed by atoms with E-state index in [4.69, 9.17) is 10.8 Å². The van der Waals surface area contributed by atoms with E-state index >= 15 is 0 Å². The second kappa shape index (κ2) is 2.99. The number of aliphatic hydroxyl groups excluding tert-OH is 1. The molecule has 2 atom stereocenters. The van der Waals surface area contributed by atoms with Gasteiger partial charge in [0, 0.05) is 12.6 Å². The third kappa shape index (κ3) is 2.60. The van der Waals surface area contributed by atoms with E-state index in [0.717, 1.165) is 0 Å². The van der Waals surface area contributed by atoms with Gasteiger partial charge in [-0.1, -0.05) is 6.92 Å². The lowest BCUT2D eigenvalue weighted by molar-refractivity contribution is 0.221. The normalized spacial score (nSPS) is 18.9. The molecule has 2 heteroatoms. The highest BCUT2D eigenvalue weighted by Crippen LogP contribution is 1.95. The molecular formula is C5H13NO. The molecule has 7 heavy (non-hydrogen) atoms. The Morgan fingerprint density at radius 1 is 1.57 bits per heavy atom. The Morgan fingerprint density at radius 2 is 2.00 bits per heavy atom. The molecule has 0 aromatic rings. The first-order chi connectivity index (χ1) is 3.18. The summed E-state index contributed by atoms with van der Waals surface area (Å²) in [6.45, 7) is 4.00. The predicted molar refractivity (Wildman–Crippen MR) is 29.9 cm³/mol. The van der Waals surface area contributed by atoms with Crippen LogP contribution in [-0.4, -0.2) is 17.8 Å². The number of hydrogen-bond donors (Lipinski definition) is 2. The molecule has 0 spiro atoms. The Balaban J connectivity index is 3.14. The maximum absolute atomic E-state index is 8.43. The molecule has 0 aliphatic rings. The monoisotopic (exact) mass is 103 g/mol. The van der Waals surface area contributed by atoms with Crippen molar-refractivity contribution in [2.24, 2.45) is 11.7 Å². The third-order valence-corrected chi connectivity index (χ3v) is 1.19. The summed E-state index contributed by atoms with van der Waals surface area (Å²) in [5, 5.41) is 8.43. The van der Waals surface area contributed by atoms with Crippen molar-refractivity contribution >= 4 is 0 Å². The van der Waals surface area contributed by atoms with Crippen LogP contribution in [0.5, 0.6) is 0 Å². The first-order valence-electron chi connectivity index (χ1n) is 2.55. The maximum Gasteiger partial charge on any atom is 0.0471 e. The topological polar surface area (TPSA) is 46.2 Å². The molecule has 0 rings (SSSR count). The highest BCUT2D eigenvalue weighted by atomic mass is 16.3. The van der Waals surface area contributed by atoms with E-state index in [0.29, 0.717) is 0 Å². The molecule has 0 amide bonds. The van der Waals surface area contributed by atoms with Gasteiger partial charge in [-0.05, 0) is 12.8 Å². The fraction of sp³-hybridized carbons (Fsp3) is 1.00. The predicted octanol–water partition coefficient (Wildman–Crippen LogP) is -0.0380. The maximum atomic E-state index is 8.43. The van der Waals surface area contributed by atoms with Gasteiger partial charge in [0.15, 0.2) is 0 Å². The summed E-state index contributed by atoms with van der Waals surface area (Å²) in [5.74, 6) is 0.236. The van der Waals surface area contributed by atoms with Gasteiger partial charge in [-0.15, -0.1) is 0 Å². The van der Waals surface area contributed by atoms with Crippen molar-refractivity contribution in [1.82, 2.24) is 0 Å². The van der Waals surface area contributed by atoms with E-state index in [1.807, 2.05) is 13.8 Å². The molecule has 0 bridgehead atoms. The lowest BCUT2D eigenvalue weighted by atomic mass is 10.1. The summed E-state index contributed by atoms with van der Waals surface area (Å²) in [6.07, 6.45) is 0. The van der Waals surface area contributed by atoms with E-state index < -0.39 is 0 Å².